The molecule has 4 rings (SSSR count). The molecule has 0 radical (unpaired) electrons. The molecule has 33 heavy (non-hydrogen) atoms. The highest BCUT2D eigenvalue weighted by Gasteiger charge is 2.34. The average molecular weight is 468 g/mol. The number of hydrogen-bond donors (Lipinski definition) is 1. The number of Topliss-reactive ketones (excluding diaryl/α,β-unsaturated/α-hetero) is 1. The number of imide groups is 1. The van der Waals surface area contributed by atoms with Crippen LogP contribution in [0.5, 0.6) is 17.2 Å². The van der Waals surface area contributed by atoms with E-state index in [0.29, 0.717) is 33.3 Å². The van der Waals surface area contributed by atoms with Crippen LogP contribution in [0.1, 0.15) is 22.8 Å². The Bertz CT molecular complexity index is 1140. The van der Waals surface area contributed by atoms with Crippen LogP contribution < -0.4 is 19.5 Å². The fourth-order valence-electron chi connectivity index (χ4n) is 3.14. The van der Waals surface area contributed by atoms with E-state index < -0.39 is 17.1 Å². The van der Waals surface area contributed by atoms with E-state index in [4.69, 9.17) is 14.2 Å². The molecule has 0 atom stereocenters. The summed E-state index contributed by atoms with van der Waals surface area (Å²) in [6.45, 7) is 1.53. The Hall–Kier alpha value is -3.79. The summed E-state index contributed by atoms with van der Waals surface area (Å²) in [6.07, 6.45) is 1.62. The topological polar surface area (TPSA) is 111 Å². The molecule has 3 amide bonds. The van der Waals surface area contributed by atoms with E-state index in [9.17, 15) is 19.2 Å². The lowest BCUT2D eigenvalue weighted by molar-refractivity contribution is -0.125. The van der Waals surface area contributed by atoms with Gasteiger partial charge in [-0.15, -0.1) is 0 Å². The van der Waals surface area contributed by atoms with Crippen molar-refractivity contribution in [3.05, 3.63) is 58.5 Å². The lowest BCUT2D eigenvalue weighted by Crippen LogP contribution is -2.38. The van der Waals surface area contributed by atoms with Gasteiger partial charge in [0, 0.05) is 18.7 Å². The predicted molar refractivity (Wildman–Crippen MR) is 120 cm³/mol. The number of hydrogen-bond acceptors (Lipinski definition) is 8. The lowest BCUT2D eigenvalue weighted by atomic mass is 10.1. The highest BCUT2D eigenvalue weighted by atomic mass is 32.2. The van der Waals surface area contributed by atoms with Crippen LogP contribution >= 0.6 is 11.8 Å². The largest absolute Gasteiger partial charge is 0.484 e. The van der Waals surface area contributed by atoms with Crippen molar-refractivity contribution in [2.24, 2.45) is 0 Å². The Morgan fingerprint density at radius 3 is 2.64 bits per heavy atom. The molecule has 2 heterocycles. The number of ether oxygens (including phenoxy) is 3. The number of fused-ring (bicyclic) bond motifs is 1. The molecule has 170 valence electrons. The molecule has 0 spiro atoms. The minimum atomic E-state index is -0.418. The van der Waals surface area contributed by atoms with Crippen molar-refractivity contribution >= 4 is 40.7 Å². The fraction of sp³-hybridized carbons (Fsp3) is 0.217. The van der Waals surface area contributed by atoms with Gasteiger partial charge in [-0.3, -0.25) is 24.1 Å². The third-order valence-electron chi connectivity index (χ3n) is 4.86. The number of nitrogens with one attached hydrogen (secondary N) is 1. The van der Waals surface area contributed by atoms with E-state index in [2.05, 4.69) is 5.32 Å². The number of amides is 3. The summed E-state index contributed by atoms with van der Waals surface area (Å²) in [6, 6.07) is 11.7. The summed E-state index contributed by atoms with van der Waals surface area (Å²) >= 11 is 0.844. The Morgan fingerprint density at radius 1 is 1.12 bits per heavy atom. The SMILES string of the molecule is CC(=O)c1ccc(OCC(=O)NCCN2C(=O)S/C(=C\c3ccc4c(c3)OCO4)C2=O)cc1. The van der Waals surface area contributed by atoms with Crippen molar-refractivity contribution in [3.63, 3.8) is 0 Å². The molecular formula is C23H20N2O7S. The van der Waals surface area contributed by atoms with Crippen molar-refractivity contribution in [3.8, 4) is 17.2 Å². The van der Waals surface area contributed by atoms with Crippen LogP contribution in [-0.2, 0) is 9.59 Å². The first-order chi connectivity index (χ1) is 15.9. The predicted octanol–water partition coefficient (Wildman–Crippen LogP) is 2.85. The molecule has 0 unspecified atom stereocenters. The zero-order valence-corrected chi connectivity index (χ0v) is 18.5. The fourth-order valence-corrected chi connectivity index (χ4v) is 4.00. The molecule has 0 bridgehead atoms. The molecule has 10 heteroatoms. The zero-order chi connectivity index (χ0) is 23.4. The maximum atomic E-state index is 12.6. The quantitative estimate of drug-likeness (QED) is 0.465. The number of ketones is 1. The second kappa shape index (κ2) is 9.78. The molecule has 2 aromatic rings. The molecule has 1 fully saturated rings. The average Bonchev–Trinajstić information content (AvgIpc) is 3.37. The lowest BCUT2D eigenvalue weighted by Gasteiger charge is -2.13. The van der Waals surface area contributed by atoms with Crippen LogP contribution in [0, 0.1) is 0 Å². The molecule has 1 N–H and O–H groups in total. The molecule has 2 aliphatic rings. The molecule has 9 nitrogen and oxygen atoms in total. The van der Waals surface area contributed by atoms with Crippen molar-refractivity contribution < 1.29 is 33.4 Å². The van der Waals surface area contributed by atoms with E-state index in [1.807, 2.05) is 0 Å². The van der Waals surface area contributed by atoms with Crippen molar-refractivity contribution in [1.82, 2.24) is 10.2 Å². The first-order valence-corrected chi connectivity index (χ1v) is 10.9. The normalized spacial score (nSPS) is 15.8. The number of nitrogens with zero attached hydrogens (tertiary/aromatic N) is 1. The van der Waals surface area contributed by atoms with Gasteiger partial charge in [0.25, 0.3) is 17.1 Å². The summed E-state index contributed by atoms with van der Waals surface area (Å²) in [7, 11) is 0. The number of carbonyl (C=O) groups excluding carboxylic acids is 4. The number of thioether (sulfide) groups is 1. The van der Waals surface area contributed by atoms with Crippen molar-refractivity contribution in [2.75, 3.05) is 26.5 Å². The second-order valence-corrected chi connectivity index (χ2v) is 8.16. The van der Waals surface area contributed by atoms with E-state index >= 15 is 0 Å². The number of benzene rings is 2. The second-order valence-electron chi connectivity index (χ2n) is 7.17. The van der Waals surface area contributed by atoms with E-state index in [1.54, 1.807) is 48.5 Å². The van der Waals surface area contributed by atoms with E-state index in [1.165, 1.54) is 6.92 Å². The van der Waals surface area contributed by atoms with E-state index in [0.717, 1.165) is 16.7 Å². The Kier molecular flexibility index (Phi) is 6.64. The number of rotatable bonds is 8. The smallest absolute Gasteiger partial charge is 0.293 e. The molecule has 2 aliphatic heterocycles. The van der Waals surface area contributed by atoms with Gasteiger partial charge in [0.15, 0.2) is 23.9 Å². The standard InChI is InChI=1S/C23H20N2O7S/c1-14(26)16-3-5-17(6-4-16)30-12-21(27)24-8-9-25-22(28)20(33-23(25)29)11-15-2-7-18-19(10-15)32-13-31-18/h2-7,10-11H,8-9,12-13H2,1H3,(H,24,27)/b20-11-. The van der Waals surface area contributed by atoms with Crippen LogP contribution in [0.15, 0.2) is 47.4 Å². The van der Waals surface area contributed by atoms with Gasteiger partial charge in [-0.25, -0.2) is 0 Å². The third-order valence-corrected chi connectivity index (χ3v) is 5.76. The van der Waals surface area contributed by atoms with Crippen molar-refractivity contribution in [2.45, 2.75) is 6.92 Å². The maximum Gasteiger partial charge on any atom is 0.293 e. The molecule has 2 aromatic carbocycles. The van der Waals surface area contributed by atoms with Crippen LogP contribution in [-0.4, -0.2) is 54.2 Å². The Labute approximate surface area is 193 Å². The van der Waals surface area contributed by atoms with Crippen molar-refractivity contribution in [1.29, 1.82) is 0 Å². The van der Waals surface area contributed by atoms with Gasteiger partial charge < -0.3 is 19.5 Å². The van der Waals surface area contributed by atoms with Gasteiger partial charge in [-0.1, -0.05) is 6.07 Å². The van der Waals surface area contributed by atoms with Crippen LogP contribution in [0.25, 0.3) is 6.08 Å². The molecule has 0 saturated carbocycles. The highest BCUT2D eigenvalue weighted by Crippen LogP contribution is 2.36. The molecular weight excluding hydrogens is 448 g/mol. The summed E-state index contributed by atoms with van der Waals surface area (Å²) in [5, 5.41) is 2.22. The monoisotopic (exact) mass is 468 g/mol. The highest BCUT2D eigenvalue weighted by molar-refractivity contribution is 8.18. The van der Waals surface area contributed by atoms with Gasteiger partial charge in [0.05, 0.1) is 4.91 Å². The van der Waals surface area contributed by atoms with Gasteiger partial charge in [-0.05, 0) is 66.7 Å². The van der Waals surface area contributed by atoms with Gasteiger partial charge in [0.1, 0.15) is 5.75 Å². The molecule has 1 saturated heterocycles. The van der Waals surface area contributed by atoms with Crippen LogP contribution in [0.2, 0.25) is 0 Å². The van der Waals surface area contributed by atoms with Gasteiger partial charge >= 0.3 is 0 Å². The summed E-state index contributed by atoms with van der Waals surface area (Å²) in [5.41, 5.74) is 1.27. The molecule has 0 aliphatic carbocycles. The van der Waals surface area contributed by atoms with Crippen LogP contribution in [0.4, 0.5) is 4.79 Å². The summed E-state index contributed by atoms with van der Waals surface area (Å²) < 4.78 is 16.0. The maximum absolute atomic E-state index is 12.6. The zero-order valence-electron chi connectivity index (χ0n) is 17.7. The van der Waals surface area contributed by atoms with E-state index in [-0.39, 0.29) is 32.3 Å². The third kappa shape index (κ3) is 5.35. The first kappa shape index (κ1) is 22.4. The first-order valence-electron chi connectivity index (χ1n) is 10.1. The summed E-state index contributed by atoms with van der Waals surface area (Å²) in [4.78, 5) is 49.5. The molecule has 0 aromatic heterocycles. The Morgan fingerprint density at radius 2 is 1.88 bits per heavy atom. The minimum absolute atomic E-state index is 0.0438. The summed E-state index contributed by atoms with van der Waals surface area (Å²) in [5.74, 6) is 0.801. The minimum Gasteiger partial charge on any atom is -0.484 e. The van der Waals surface area contributed by atoms with Gasteiger partial charge in [0.2, 0.25) is 6.79 Å². The number of carbonyl (C=O) groups is 4. The Balaban J connectivity index is 1.25. The van der Waals surface area contributed by atoms with Crippen LogP contribution in [0.3, 0.4) is 0 Å². The van der Waals surface area contributed by atoms with Gasteiger partial charge in [-0.2, -0.15) is 0 Å².